The molecule has 3 heterocycles. The molecule has 29 heavy (non-hydrogen) atoms. The minimum atomic E-state index is -0.879. The van der Waals surface area contributed by atoms with Gasteiger partial charge in [0.25, 0.3) is 5.91 Å². The third kappa shape index (κ3) is 3.54. The molecule has 0 radical (unpaired) electrons. The van der Waals surface area contributed by atoms with Crippen LogP contribution in [0, 0.1) is 20.8 Å². The van der Waals surface area contributed by atoms with Crippen molar-refractivity contribution >= 4 is 51.0 Å². The molecule has 2 aromatic rings. The molecule has 1 aliphatic heterocycles. The lowest BCUT2D eigenvalue weighted by Crippen LogP contribution is -2.69. The number of thioether (sulfide) groups is 1. The summed E-state index contributed by atoms with van der Waals surface area (Å²) in [6.07, 6.45) is 4.05. The van der Waals surface area contributed by atoms with Crippen molar-refractivity contribution in [2.45, 2.75) is 63.4 Å². The first-order chi connectivity index (χ1) is 13.8. The smallest absolute Gasteiger partial charge is 0.252 e. The van der Waals surface area contributed by atoms with Crippen LogP contribution >= 0.6 is 23.1 Å². The Labute approximate surface area is 177 Å². The maximum atomic E-state index is 13.2. The van der Waals surface area contributed by atoms with Gasteiger partial charge >= 0.3 is 0 Å². The summed E-state index contributed by atoms with van der Waals surface area (Å²) in [5, 5.41) is 4.22. The molecule has 2 fully saturated rings. The molecular formula is C20H24N4O3S2. The van der Waals surface area contributed by atoms with Crippen LogP contribution in [0.1, 0.15) is 48.4 Å². The van der Waals surface area contributed by atoms with Crippen LogP contribution in [0.4, 0.5) is 0 Å². The van der Waals surface area contributed by atoms with Crippen molar-refractivity contribution in [3.63, 3.8) is 0 Å². The third-order valence-electron chi connectivity index (χ3n) is 5.92. The van der Waals surface area contributed by atoms with Crippen LogP contribution in [0.5, 0.6) is 0 Å². The number of hydrogen-bond donors (Lipinski definition) is 1. The van der Waals surface area contributed by atoms with Crippen molar-refractivity contribution in [2.75, 3.05) is 12.3 Å². The quantitative estimate of drug-likeness (QED) is 0.455. The van der Waals surface area contributed by atoms with Gasteiger partial charge in [0.15, 0.2) is 0 Å². The van der Waals surface area contributed by atoms with E-state index in [0.717, 1.165) is 40.1 Å². The lowest BCUT2D eigenvalue weighted by atomic mass is 9.78. The zero-order chi connectivity index (χ0) is 20.8. The second kappa shape index (κ2) is 7.68. The van der Waals surface area contributed by atoms with Gasteiger partial charge in [-0.25, -0.2) is 9.97 Å². The minimum Gasteiger partial charge on any atom is -0.318 e. The van der Waals surface area contributed by atoms with E-state index in [2.05, 4.69) is 22.2 Å². The Morgan fingerprint density at radius 2 is 1.90 bits per heavy atom. The number of piperazine rings is 1. The Morgan fingerprint density at radius 3 is 2.62 bits per heavy atom. The van der Waals surface area contributed by atoms with E-state index in [1.165, 1.54) is 21.5 Å². The molecule has 1 aliphatic carbocycles. The predicted octanol–water partition coefficient (Wildman–Crippen LogP) is 2.90. The number of hydrogen-bond acceptors (Lipinski definition) is 7. The molecule has 9 heteroatoms. The van der Waals surface area contributed by atoms with Gasteiger partial charge in [-0.05, 0) is 39.2 Å². The summed E-state index contributed by atoms with van der Waals surface area (Å²) in [6.45, 7) is 5.89. The van der Waals surface area contributed by atoms with E-state index in [9.17, 15) is 14.4 Å². The van der Waals surface area contributed by atoms with Gasteiger partial charge in [0.05, 0.1) is 5.75 Å². The van der Waals surface area contributed by atoms with Crippen LogP contribution in [0.3, 0.4) is 0 Å². The Morgan fingerprint density at radius 1 is 1.17 bits per heavy atom. The molecule has 1 saturated carbocycles. The van der Waals surface area contributed by atoms with Crippen molar-refractivity contribution in [2.24, 2.45) is 0 Å². The van der Waals surface area contributed by atoms with Crippen molar-refractivity contribution in [1.82, 2.24) is 20.2 Å². The van der Waals surface area contributed by atoms with E-state index in [4.69, 9.17) is 0 Å². The molecule has 3 amide bonds. The van der Waals surface area contributed by atoms with Crippen LogP contribution in [-0.4, -0.2) is 50.4 Å². The fraction of sp³-hybridized carbons (Fsp3) is 0.550. The monoisotopic (exact) mass is 432 g/mol. The van der Waals surface area contributed by atoms with Gasteiger partial charge in [0, 0.05) is 10.3 Å². The van der Waals surface area contributed by atoms with Crippen molar-refractivity contribution in [3.05, 3.63) is 16.3 Å². The maximum Gasteiger partial charge on any atom is 0.252 e. The highest BCUT2D eigenvalue weighted by molar-refractivity contribution is 8.00. The molecular weight excluding hydrogens is 408 g/mol. The highest BCUT2D eigenvalue weighted by Gasteiger charge is 2.50. The number of imide groups is 1. The van der Waals surface area contributed by atoms with Crippen molar-refractivity contribution in [3.8, 4) is 0 Å². The van der Waals surface area contributed by atoms with Gasteiger partial charge < -0.3 is 4.90 Å². The highest BCUT2D eigenvalue weighted by atomic mass is 32.2. The number of carbonyl (C=O) groups excluding carboxylic acids is 3. The Bertz CT molecular complexity index is 1010. The van der Waals surface area contributed by atoms with Gasteiger partial charge in [-0.1, -0.05) is 31.0 Å². The SMILES string of the molecule is Cc1nc(SCC(=O)N2CC(=O)NC(=O)C23CCCCC3)c2c(C)c(C)sc2n1. The van der Waals surface area contributed by atoms with Crippen LogP contribution < -0.4 is 5.32 Å². The van der Waals surface area contributed by atoms with Gasteiger partial charge in [-0.2, -0.15) is 0 Å². The molecule has 0 unspecified atom stereocenters. The Kier molecular flexibility index (Phi) is 5.37. The summed E-state index contributed by atoms with van der Waals surface area (Å²) < 4.78 is 0. The number of carbonyl (C=O) groups is 3. The Balaban J connectivity index is 1.60. The number of thiophene rings is 1. The summed E-state index contributed by atoms with van der Waals surface area (Å²) in [4.78, 5) is 50.6. The molecule has 2 aromatic heterocycles. The van der Waals surface area contributed by atoms with E-state index < -0.39 is 11.4 Å². The topological polar surface area (TPSA) is 92.3 Å². The molecule has 154 valence electrons. The summed E-state index contributed by atoms with van der Waals surface area (Å²) >= 11 is 2.99. The van der Waals surface area contributed by atoms with Crippen molar-refractivity contribution < 1.29 is 14.4 Å². The summed E-state index contributed by atoms with van der Waals surface area (Å²) in [7, 11) is 0. The number of rotatable bonds is 3. The zero-order valence-electron chi connectivity index (χ0n) is 16.8. The molecule has 2 aliphatic rings. The van der Waals surface area contributed by atoms with Crippen LogP contribution in [0.2, 0.25) is 0 Å². The summed E-state index contributed by atoms with van der Waals surface area (Å²) in [5.41, 5.74) is 0.256. The number of aryl methyl sites for hydroxylation is 3. The van der Waals surface area contributed by atoms with Crippen LogP contribution in [-0.2, 0) is 14.4 Å². The number of aromatic nitrogens is 2. The number of nitrogens with one attached hydrogen (secondary N) is 1. The molecule has 0 aromatic carbocycles. The predicted molar refractivity (Wildman–Crippen MR) is 113 cm³/mol. The first kappa shape index (κ1) is 20.3. The van der Waals surface area contributed by atoms with E-state index in [1.54, 1.807) is 11.3 Å². The highest BCUT2D eigenvalue weighted by Crippen LogP contribution is 2.38. The second-order valence-electron chi connectivity index (χ2n) is 7.78. The fourth-order valence-electron chi connectivity index (χ4n) is 4.29. The standard InChI is InChI=1S/C20H24N4O3S2/c1-11-12(2)29-18-16(11)17(21-13(3)22-18)28-10-15(26)24-9-14(25)23-19(27)20(24)7-5-4-6-8-20/h4-10H2,1-3H3,(H,23,25,27). The summed E-state index contributed by atoms with van der Waals surface area (Å²) in [5.74, 6) is -0.105. The first-order valence-corrected chi connectivity index (χ1v) is 11.6. The zero-order valence-corrected chi connectivity index (χ0v) is 18.5. The normalized spacial score (nSPS) is 19.1. The minimum absolute atomic E-state index is 0.0556. The average molecular weight is 433 g/mol. The van der Waals surface area contributed by atoms with Crippen LogP contribution in [0.25, 0.3) is 10.2 Å². The molecule has 1 N–H and O–H groups in total. The number of fused-ring (bicyclic) bond motifs is 1. The van der Waals surface area contributed by atoms with E-state index in [0.29, 0.717) is 18.7 Å². The van der Waals surface area contributed by atoms with E-state index >= 15 is 0 Å². The largest absolute Gasteiger partial charge is 0.318 e. The Hall–Kier alpha value is -2.00. The lowest BCUT2D eigenvalue weighted by molar-refractivity contribution is -0.158. The third-order valence-corrected chi connectivity index (χ3v) is 7.98. The first-order valence-electron chi connectivity index (χ1n) is 9.84. The average Bonchev–Trinajstić information content (AvgIpc) is 2.97. The number of amides is 3. The molecule has 0 atom stereocenters. The van der Waals surface area contributed by atoms with Gasteiger partial charge in [-0.15, -0.1) is 11.3 Å². The summed E-state index contributed by atoms with van der Waals surface area (Å²) in [6, 6.07) is 0. The maximum absolute atomic E-state index is 13.2. The van der Waals surface area contributed by atoms with Gasteiger partial charge in [0.2, 0.25) is 11.8 Å². The lowest BCUT2D eigenvalue weighted by Gasteiger charge is -2.47. The molecule has 1 spiro atoms. The molecule has 7 nitrogen and oxygen atoms in total. The second-order valence-corrected chi connectivity index (χ2v) is 9.94. The molecule has 1 saturated heterocycles. The van der Waals surface area contributed by atoms with E-state index in [-0.39, 0.29) is 24.1 Å². The van der Waals surface area contributed by atoms with Crippen LogP contribution in [0.15, 0.2) is 5.03 Å². The molecule has 4 rings (SSSR count). The van der Waals surface area contributed by atoms with Crippen molar-refractivity contribution in [1.29, 1.82) is 0 Å². The van der Waals surface area contributed by atoms with Gasteiger partial charge in [-0.3, -0.25) is 19.7 Å². The van der Waals surface area contributed by atoms with E-state index in [1.807, 2.05) is 13.8 Å². The number of nitrogens with zero attached hydrogens (tertiary/aromatic N) is 3. The van der Waals surface area contributed by atoms with Gasteiger partial charge in [0.1, 0.15) is 27.8 Å². The molecule has 0 bridgehead atoms. The fourth-order valence-corrected chi connectivity index (χ4v) is 6.43.